The number of hydrogen-bond donors (Lipinski definition) is 0. The SMILES string of the molecule is O=C(c1ccccc1F)N1CCc2nc(OCC3CC3)ccc2C1. The lowest BCUT2D eigenvalue weighted by Crippen LogP contribution is -2.36. The molecule has 2 heterocycles. The molecule has 2 aliphatic rings. The number of hydrogen-bond acceptors (Lipinski definition) is 3. The second-order valence-electron chi connectivity index (χ2n) is 6.47. The summed E-state index contributed by atoms with van der Waals surface area (Å²) in [5.41, 5.74) is 2.10. The number of carbonyl (C=O) groups is 1. The van der Waals surface area contributed by atoms with E-state index in [4.69, 9.17) is 4.74 Å². The van der Waals surface area contributed by atoms with Crippen LogP contribution in [-0.2, 0) is 13.0 Å². The van der Waals surface area contributed by atoms with Crippen LogP contribution in [0, 0.1) is 11.7 Å². The molecule has 124 valence electrons. The van der Waals surface area contributed by atoms with Crippen molar-refractivity contribution >= 4 is 5.91 Å². The summed E-state index contributed by atoms with van der Waals surface area (Å²) in [6.45, 7) is 1.74. The van der Waals surface area contributed by atoms with Crippen LogP contribution in [0.4, 0.5) is 4.39 Å². The summed E-state index contributed by atoms with van der Waals surface area (Å²) in [6, 6.07) is 9.93. The molecule has 5 heteroatoms. The molecule has 0 unspecified atom stereocenters. The summed E-state index contributed by atoms with van der Waals surface area (Å²) >= 11 is 0. The minimum atomic E-state index is -0.477. The van der Waals surface area contributed by atoms with Gasteiger partial charge in [-0.25, -0.2) is 9.37 Å². The van der Waals surface area contributed by atoms with Gasteiger partial charge in [-0.2, -0.15) is 0 Å². The zero-order valence-corrected chi connectivity index (χ0v) is 13.4. The third-order valence-electron chi connectivity index (χ3n) is 4.58. The third-order valence-corrected chi connectivity index (χ3v) is 4.58. The second-order valence-corrected chi connectivity index (χ2v) is 6.47. The highest BCUT2D eigenvalue weighted by Crippen LogP contribution is 2.29. The summed E-state index contributed by atoms with van der Waals surface area (Å²) in [7, 11) is 0. The first kappa shape index (κ1) is 15.1. The van der Waals surface area contributed by atoms with Crippen molar-refractivity contribution in [2.75, 3.05) is 13.2 Å². The number of rotatable bonds is 4. The molecule has 1 amide bonds. The van der Waals surface area contributed by atoms with E-state index in [9.17, 15) is 9.18 Å². The molecule has 0 atom stereocenters. The first-order valence-corrected chi connectivity index (χ1v) is 8.36. The minimum absolute atomic E-state index is 0.123. The van der Waals surface area contributed by atoms with E-state index in [-0.39, 0.29) is 11.5 Å². The van der Waals surface area contributed by atoms with Gasteiger partial charge in [0.15, 0.2) is 0 Å². The van der Waals surface area contributed by atoms with Crippen molar-refractivity contribution in [3.05, 3.63) is 59.0 Å². The van der Waals surface area contributed by atoms with Crippen LogP contribution < -0.4 is 4.74 Å². The Bertz CT molecular complexity index is 774. The van der Waals surface area contributed by atoms with Crippen LogP contribution in [0.5, 0.6) is 5.88 Å². The van der Waals surface area contributed by atoms with E-state index < -0.39 is 5.82 Å². The van der Waals surface area contributed by atoms with E-state index in [2.05, 4.69) is 4.98 Å². The standard InChI is InChI=1S/C19H19FN2O2/c20-16-4-2-1-3-15(16)19(23)22-10-9-17-14(11-22)7-8-18(21-17)24-12-13-5-6-13/h1-4,7-8,13H,5-6,9-12H2. The molecule has 4 nitrogen and oxygen atoms in total. The zero-order valence-electron chi connectivity index (χ0n) is 13.4. The maximum Gasteiger partial charge on any atom is 0.257 e. The van der Waals surface area contributed by atoms with E-state index >= 15 is 0 Å². The molecule has 1 aromatic heterocycles. The Morgan fingerprint density at radius 1 is 1.25 bits per heavy atom. The largest absolute Gasteiger partial charge is 0.477 e. The molecule has 24 heavy (non-hydrogen) atoms. The highest BCUT2D eigenvalue weighted by Gasteiger charge is 2.25. The van der Waals surface area contributed by atoms with Crippen LogP contribution in [0.1, 0.15) is 34.5 Å². The molecule has 1 aliphatic carbocycles. The smallest absolute Gasteiger partial charge is 0.257 e. The lowest BCUT2D eigenvalue weighted by Gasteiger charge is -2.28. The molecule has 0 radical (unpaired) electrons. The van der Waals surface area contributed by atoms with E-state index in [0.717, 1.165) is 17.9 Å². The van der Waals surface area contributed by atoms with Crippen LogP contribution in [0.3, 0.4) is 0 Å². The van der Waals surface area contributed by atoms with Gasteiger partial charge in [-0.1, -0.05) is 18.2 Å². The molecule has 1 fully saturated rings. The van der Waals surface area contributed by atoms with Crippen molar-refractivity contribution in [1.29, 1.82) is 0 Å². The van der Waals surface area contributed by atoms with Gasteiger partial charge in [0.1, 0.15) is 5.82 Å². The molecule has 0 saturated heterocycles. The first-order valence-electron chi connectivity index (χ1n) is 8.36. The lowest BCUT2D eigenvalue weighted by atomic mass is 10.0. The number of fused-ring (bicyclic) bond motifs is 1. The molecule has 0 spiro atoms. The average Bonchev–Trinajstić information content (AvgIpc) is 3.43. The highest BCUT2D eigenvalue weighted by molar-refractivity contribution is 5.94. The molecule has 0 bridgehead atoms. The summed E-state index contributed by atoms with van der Waals surface area (Å²) in [5.74, 6) is 0.606. The number of pyridine rings is 1. The zero-order chi connectivity index (χ0) is 16.5. The van der Waals surface area contributed by atoms with Crippen LogP contribution >= 0.6 is 0 Å². The van der Waals surface area contributed by atoms with Gasteiger partial charge in [-0.3, -0.25) is 4.79 Å². The van der Waals surface area contributed by atoms with Gasteiger partial charge in [-0.15, -0.1) is 0 Å². The Kier molecular flexibility index (Phi) is 3.92. The van der Waals surface area contributed by atoms with Gasteiger partial charge < -0.3 is 9.64 Å². The van der Waals surface area contributed by atoms with Crippen molar-refractivity contribution in [2.24, 2.45) is 5.92 Å². The van der Waals surface area contributed by atoms with Crippen LogP contribution in [-0.4, -0.2) is 28.9 Å². The summed E-state index contributed by atoms with van der Waals surface area (Å²) in [6.07, 6.45) is 3.16. The quantitative estimate of drug-likeness (QED) is 0.866. The third kappa shape index (κ3) is 3.11. The number of halogens is 1. The number of carbonyl (C=O) groups excluding carboxylic acids is 1. The fraction of sp³-hybridized carbons (Fsp3) is 0.368. The number of nitrogens with zero attached hydrogens (tertiary/aromatic N) is 2. The lowest BCUT2D eigenvalue weighted by molar-refractivity contribution is 0.0728. The maximum absolute atomic E-state index is 13.8. The van der Waals surface area contributed by atoms with Crippen LogP contribution in [0.2, 0.25) is 0 Å². The van der Waals surface area contributed by atoms with Gasteiger partial charge in [0, 0.05) is 25.6 Å². The summed E-state index contributed by atoms with van der Waals surface area (Å²) in [4.78, 5) is 18.8. The number of aromatic nitrogens is 1. The van der Waals surface area contributed by atoms with Gasteiger partial charge in [0.2, 0.25) is 5.88 Å². The predicted molar refractivity (Wildman–Crippen MR) is 87.3 cm³/mol. The number of benzene rings is 1. The average molecular weight is 326 g/mol. The molecular formula is C19H19FN2O2. The molecule has 1 aromatic carbocycles. The predicted octanol–water partition coefficient (Wildman–Crippen LogP) is 3.21. The monoisotopic (exact) mass is 326 g/mol. The molecule has 2 aromatic rings. The van der Waals surface area contributed by atoms with Gasteiger partial charge >= 0.3 is 0 Å². The Balaban J connectivity index is 1.47. The van der Waals surface area contributed by atoms with E-state index in [0.29, 0.717) is 31.3 Å². The number of amides is 1. The normalized spacial score (nSPS) is 16.6. The van der Waals surface area contributed by atoms with Crippen molar-refractivity contribution in [2.45, 2.75) is 25.8 Å². The maximum atomic E-state index is 13.8. The van der Waals surface area contributed by atoms with Crippen molar-refractivity contribution < 1.29 is 13.9 Å². The van der Waals surface area contributed by atoms with E-state index in [1.807, 2.05) is 12.1 Å². The van der Waals surface area contributed by atoms with Crippen molar-refractivity contribution in [3.63, 3.8) is 0 Å². The molecule has 1 saturated carbocycles. The summed E-state index contributed by atoms with van der Waals surface area (Å²) < 4.78 is 19.5. The van der Waals surface area contributed by atoms with Crippen LogP contribution in [0.25, 0.3) is 0 Å². The van der Waals surface area contributed by atoms with E-state index in [1.54, 1.807) is 17.0 Å². The molecule has 4 rings (SSSR count). The molecular weight excluding hydrogens is 307 g/mol. The van der Waals surface area contributed by atoms with Crippen LogP contribution in [0.15, 0.2) is 36.4 Å². The topological polar surface area (TPSA) is 42.4 Å². The number of ether oxygens (including phenoxy) is 1. The Labute approximate surface area is 140 Å². The highest BCUT2D eigenvalue weighted by atomic mass is 19.1. The fourth-order valence-electron chi connectivity index (χ4n) is 2.94. The first-order chi connectivity index (χ1) is 11.7. The minimum Gasteiger partial charge on any atom is -0.477 e. The summed E-state index contributed by atoms with van der Waals surface area (Å²) in [5, 5.41) is 0. The van der Waals surface area contributed by atoms with E-state index in [1.165, 1.54) is 25.0 Å². The Morgan fingerprint density at radius 3 is 2.88 bits per heavy atom. The second kappa shape index (κ2) is 6.23. The van der Waals surface area contributed by atoms with Gasteiger partial charge in [0.25, 0.3) is 5.91 Å². The van der Waals surface area contributed by atoms with Gasteiger partial charge in [-0.05, 0) is 36.5 Å². The van der Waals surface area contributed by atoms with Crippen molar-refractivity contribution in [1.82, 2.24) is 9.88 Å². The Hall–Kier alpha value is -2.43. The fourth-order valence-corrected chi connectivity index (χ4v) is 2.94. The van der Waals surface area contributed by atoms with Crippen molar-refractivity contribution in [3.8, 4) is 5.88 Å². The molecule has 0 N–H and O–H groups in total. The Morgan fingerprint density at radius 2 is 2.08 bits per heavy atom. The van der Waals surface area contributed by atoms with Gasteiger partial charge in [0.05, 0.1) is 17.9 Å². The molecule has 1 aliphatic heterocycles.